The molecule has 0 saturated heterocycles. The molecule has 1 aliphatic carbocycles. The fourth-order valence-electron chi connectivity index (χ4n) is 2.44. The predicted octanol–water partition coefficient (Wildman–Crippen LogP) is 3.49. The molecular formula is C18H20N2O2. The fourth-order valence-corrected chi connectivity index (χ4v) is 2.44. The molecule has 1 fully saturated rings. The lowest BCUT2D eigenvalue weighted by Crippen LogP contribution is -2.21. The van der Waals surface area contributed by atoms with Gasteiger partial charge in [0.25, 0.3) is 0 Å². The van der Waals surface area contributed by atoms with E-state index in [1.807, 2.05) is 31.2 Å². The van der Waals surface area contributed by atoms with Crippen molar-refractivity contribution in [3.8, 4) is 5.75 Å². The predicted molar refractivity (Wildman–Crippen MR) is 88.2 cm³/mol. The molecule has 4 nitrogen and oxygen atoms in total. The van der Waals surface area contributed by atoms with Gasteiger partial charge in [0, 0.05) is 5.92 Å². The van der Waals surface area contributed by atoms with E-state index in [2.05, 4.69) is 22.7 Å². The second-order valence-electron chi connectivity index (χ2n) is 5.59. The van der Waals surface area contributed by atoms with E-state index in [9.17, 15) is 4.79 Å². The van der Waals surface area contributed by atoms with E-state index in [0.717, 1.165) is 47.1 Å². The molecule has 1 aliphatic rings. The Morgan fingerprint density at radius 2 is 1.95 bits per heavy atom. The van der Waals surface area contributed by atoms with Crippen LogP contribution < -0.4 is 10.2 Å². The van der Waals surface area contributed by atoms with E-state index in [-0.39, 0.29) is 11.8 Å². The van der Waals surface area contributed by atoms with Gasteiger partial charge in [-0.2, -0.15) is 5.10 Å². The van der Waals surface area contributed by atoms with Crippen LogP contribution in [0.15, 0.2) is 41.5 Å². The van der Waals surface area contributed by atoms with Crippen molar-refractivity contribution in [3.63, 3.8) is 0 Å². The summed E-state index contributed by atoms with van der Waals surface area (Å²) < 4.78 is 5.24. The first-order valence-corrected chi connectivity index (χ1v) is 7.66. The number of carbonyl (C=O) groups excluding carboxylic acids is 1. The van der Waals surface area contributed by atoms with Crippen LogP contribution in [0.2, 0.25) is 0 Å². The number of hydrogen-bond acceptors (Lipinski definition) is 3. The molecule has 1 N–H and O–H groups in total. The van der Waals surface area contributed by atoms with Crippen molar-refractivity contribution >= 4 is 22.4 Å². The summed E-state index contributed by atoms with van der Waals surface area (Å²) in [6.45, 7) is 2.04. The third-order valence-corrected chi connectivity index (χ3v) is 3.96. The molecule has 0 heterocycles. The van der Waals surface area contributed by atoms with Crippen LogP contribution in [0.1, 0.15) is 31.7 Å². The molecule has 0 unspecified atom stereocenters. The molecule has 4 heteroatoms. The molecule has 0 aliphatic heterocycles. The largest absolute Gasteiger partial charge is 0.497 e. The molecule has 0 radical (unpaired) electrons. The summed E-state index contributed by atoms with van der Waals surface area (Å²) in [5.74, 6) is 1.06. The lowest BCUT2D eigenvalue weighted by Gasteiger charge is -2.08. The van der Waals surface area contributed by atoms with Crippen molar-refractivity contribution in [1.82, 2.24) is 5.43 Å². The molecule has 3 rings (SSSR count). The van der Waals surface area contributed by atoms with Gasteiger partial charge in [-0.25, -0.2) is 5.43 Å². The van der Waals surface area contributed by atoms with E-state index in [1.165, 1.54) is 0 Å². The fraction of sp³-hybridized carbons (Fsp3) is 0.333. The highest BCUT2D eigenvalue weighted by Crippen LogP contribution is 2.28. The van der Waals surface area contributed by atoms with Gasteiger partial charge in [0.2, 0.25) is 5.91 Å². The molecule has 0 atom stereocenters. The van der Waals surface area contributed by atoms with Gasteiger partial charge in [0.1, 0.15) is 5.75 Å². The SMILES string of the molecule is CC/C(=N/NC(=O)C1CC1)c1ccc2cc(OC)ccc2c1. The Balaban J connectivity index is 1.86. The molecule has 1 saturated carbocycles. The first-order chi connectivity index (χ1) is 10.7. The second-order valence-corrected chi connectivity index (χ2v) is 5.59. The molecule has 0 spiro atoms. The number of hydrogen-bond donors (Lipinski definition) is 1. The molecule has 22 heavy (non-hydrogen) atoms. The smallest absolute Gasteiger partial charge is 0.243 e. The van der Waals surface area contributed by atoms with Gasteiger partial charge in [-0.15, -0.1) is 0 Å². The van der Waals surface area contributed by atoms with Crippen molar-refractivity contribution < 1.29 is 9.53 Å². The van der Waals surface area contributed by atoms with Gasteiger partial charge in [0.15, 0.2) is 0 Å². The Morgan fingerprint density at radius 1 is 1.23 bits per heavy atom. The van der Waals surface area contributed by atoms with Crippen molar-refractivity contribution in [2.75, 3.05) is 7.11 Å². The maximum atomic E-state index is 11.7. The third kappa shape index (κ3) is 3.11. The number of benzene rings is 2. The zero-order chi connectivity index (χ0) is 15.5. The minimum atomic E-state index is 0.0384. The number of methoxy groups -OCH3 is 1. The molecule has 0 bridgehead atoms. The standard InChI is InChI=1S/C18H20N2O2/c1-3-17(19-20-18(21)12-4-5-12)15-7-6-14-11-16(22-2)9-8-13(14)10-15/h6-12H,3-5H2,1-2H3,(H,20,21)/b19-17-. The molecule has 2 aromatic rings. The number of carbonyl (C=O) groups is 1. The van der Waals surface area contributed by atoms with Crippen LogP contribution in [-0.2, 0) is 4.79 Å². The highest BCUT2D eigenvalue weighted by molar-refractivity contribution is 6.03. The Morgan fingerprint density at radius 3 is 2.64 bits per heavy atom. The Labute approximate surface area is 130 Å². The zero-order valence-electron chi connectivity index (χ0n) is 12.9. The van der Waals surface area contributed by atoms with E-state index in [0.29, 0.717) is 0 Å². The van der Waals surface area contributed by atoms with Crippen LogP contribution >= 0.6 is 0 Å². The Bertz CT molecular complexity index is 733. The van der Waals surface area contributed by atoms with E-state index in [4.69, 9.17) is 4.74 Å². The van der Waals surface area contributed by atoms with Gasteiger partial charge in [-0.05, 0) is 53.8 Å². The number of hydrazone groups is 1. The number of fused-ring (bicyclic) bond motifs is 1. The first-order valence-electron chi connectivity index (χ1n) is 7.66. The quantitative estimate of drug-likeness (QED) is 0.678. The highest BCUT2D eigenvalue weighted by atomic mass is 16.5. The summed E-state index contributed by atoms with van der Waals surface area (Å²) in [5.41, 5.74) is 4.62. The van der Waals surface area contributed by atoms with E-state index in [1.54, 1.807) is 7.11 Å². The molecule has 0 aromatic heterocycles. The van der Waals surface area contributed by atoms with E-state index >= 15 is 0 Å². The van der Waals surface area contributed by atoms with Gasteiger partial charge in [-0.3, -0.25) is 4.79 Å². The lowest BCUT2D eigenvalue weighted by atomic mass is 10.0. The van der Waals surface area contributed by atoms with Crippen LogP contribution in [0.5, 0.6) is 5.75 Å². The maximum absolute atomic E-state index is 11.7. The molecule has 1 amide bonds. The summed E-state index contributed by atoms with van der Waals surface area (Å²) in [4.78, 5) is 11.7. The number of nitrogens with one attached hydrogen (secondary N) is 1. The average molecular weight is 296 g/mol. The summed E-state index contributed by atoms with van der Waals surface area (Å²) in [6.07, 6.45) is 2.74. The van der Waals surface area contributed by atoms with Gasteiger partial charge in [-0.1, -0.05) is 25.1 Å². The topological polar surface area (TPSA) is 50.7 Å². The number of ether oxygens (including phenoxy) is 1. The van der Waals surface area contributed by atoms with Crippen LogP contribution in [0.4, 0.5) is 0 Å². The summed E-state index contributed by atoms with van der Waals surface area (Å²) in [7, 11) is 1.67. The third-order valence-electron chi connectivity index (χ3n) is 3.96. The molecule has 2 aromatic carbocycles. The number of nitrogens with zero attached hydrogens (tertiary/aromatic N) is 1. The minimum absolute atomic E-state index is 0.0384. The highest BCUT2D eigenvalue weighted by Gasteiger charge is 2.29. The van der Waals surface area contributed by atoms with Crippen molar-refractivity contribution in [2.45, 2.75) is 26.2 Å². The second kappa shape index (κ2) is 6.18. The number of rotatable bonds is 5. The van der Waals surface area contributed by atoms with Crippen molar-refractivity contribution in [1.29, 1.82) is 0 Å². The van der Waals surface area contributed by atoms with Crippen LogP contribution in [0.3, 0.4) is 0 Å². The monoisotopic (exact) mass is 296 g/mol. The average Bonchev–Trinajstić information content (AvgIpc) is 3.39. The number of amides is 1. The summed E-state index contributed by atoms with van der Waals surface area (Å²) in [6, 6.07) is 12.2. The van der Waals surface area contributed by atoms with Crippen LogP contribution in [0, 0.1) is 5.92 Å². The Kier molecular flexibility index (Phi) is 4.09. The molecular weight excluding hydrogens is 276 g/mol. The van der Waals surface area contributed by atoms with Gasteiger partial charge in [0.05, 0.1) is 12.8 Å². The van der Waals surface area contributed by atoms with Crippen LogP contribution in [-0.4, -0.2) is 18.7 Å². The lowest BCUT2D eigenvalue weighted by molar-refractivity contribution is -0.122. The Hall–Kier alpha value is -2.36. The van der Waals surface area contributed by atoms with Crippen molar-refractivity contribution in [3.05, 3.63) is 42.0 Å². The first kappa shape index (κ1) is 14.6. The van der Waals surface area contributed by atoms with Crippen molar-refractivity contribution in [2.24, 2.45) is 11.0 Å². The van der Waals surface area contributed by atoms with Gasteiger partial charge >= 0.3 is 0 Å². The molecule has 114 valence electrons. The van der Waals surface area contributed by atoms with Gasteiger partial charge < -0.3 is 4.74 Å². The summed E-state index contributed by atoms with van der Waals surface area (Å²) in [5, 5.41) is 6.56. The maximum Gasteiger partial charge on any atom is 0.243 e. The van der Waals surface area contributed by atoms with Crippen LogP contribution in [0.25, 0.3) is 10.8 Å². The minimum Gasteiger partial charge on any atom is -0.497 e. The van der Waals surface area contributed by atoms with E-state index < -0.39 is 0 Å². The normalized spacial score (nSPS) is 14.9. The summed E-state index contributed by atoms with van der Waals surface area (Å²) >= 11 is 0. The zero-order valence-corrected chi connectivity index (χ0v) is 12.9.